The van der Waals surface area contributed by atoms with Crippen LogP contribution in [-0.2, 0) is 0 Å². The van der Waals surface area contributed by atoms with E-state index >= 15 is 0 Å². The second-order valence-electron chi connectivity index (χ2n) is 3.93. The Balaban J connectivity index is 2.28. The summed E-state index contributed by atoms with van der Waals surface area (Å²) >= 11 is 6.99. The molecule has 0 aliphatic rings. The summed E-state index contributed by atoms with van der Waals surface area (Å²) in [5.41, 5.74) is 3.36. The van der Waals surface area contributed by atoms with E-state index in [1.807, 2.05) is 31.3 Å². The Kier molecular flexibility index (Phi) is 3.84. The van der Waals surface area contributed by atoms with Crippen molar-refractivity contribution < 1.29 is 0 Å². The molecule has 0 radical (unpaired) electrons. The summed E-state index contributed by atoms with van der Waals surface area (Å²) in [6.45, 7) is 4.08. The molecule has 0 aliphatic carbocycles. The Morgan fingerprint density at radius 1 is 1.06 bits per heavy atom. The molecule has 0 unspecified atom stereocenters. The van der Waals surface area contributed by atoms with Gasteiger partial charge in [-0.05, 0) is 65.2 Å². The zero-order valence-electron chi connectivity index (χ0n) is 9.59. The Bertz CT molecular complexity index is 553. The minimum Gasteiger partial charge on any atom is -0.339 e. The molecule has 0 saturated carbocycles. The lowest BCUT2D eigenvalue weighted by molar-refractivity contribution is 1.24. The van der Waals surface area contributed by atoms with Crippen molar-refractivity contribution in [2.24, 2.45) is 0 Å². The number of halogens is 2. The minimum atomic E-state index is 0.831. The van der Waals surface area contributed by atoms with Crippen molar-refractivity contribution in [3.8, 4) is 0 Å². The second kappa shape index (κ2) is 5.19. The minimum absolute atomic E-state index is 0.831. The summed E-state index contributed by atoms with van der Waals surface area (Å²) < 4.78 is 2.08. The molecule has 2 aromatic rings. The van der Waals surface area contributed by atoms with E-state index in [1.165, 1.54) is 5.56 Å². The molecular formula is C13H12Br2N2. The number of pyridine rings is 1. The van der Waals surface area contributed by atoms with Crippen molar-refractivity contribution in [1.82, 2.24) is 4.98 Å². The van der Waals surface area contributed by atoms with Gasteiger partial charge in [0.25, 0.3) is 0 Å². The van der Waals surface area contributed by atoms with Gasteiger partial charge in [-0.25, -0.2) is 4.98 Å². The van der Waals surface area contributed by atoms with E-state index in [9.17, 15) is 0 Å². The maximum atomic E-state index is 4.36. The summed E-state index contributed by atoms with van der Waals surface area (Å²) in [6.07, 6.45) is 1.85. The van der Waals surface area contributed by atoms with Crippen LogP contribution in [0.1, 0.15) is 11.1 Å². The number of aryl methyl sites for hydroxylation is 2. The van der Waals surface area contributed by atoms with Crippen molar-refractivity contribution in [2.75, 3.05) is 5.32 Å². The highest BCUT2D eigenvalue weighted by molar-refractivity contribution is 9.10. The van der Waals surface area contributed by atoms with Crippen molar-refractivity contribution in [3.63, 3.8) is 0 Å². The van der Waals surface area contributed by atoms with Crippen LogP contribution < -0.4 is 5.32 Å². The Labute approximate surface area is 118 Å². The third-order valence-corrected chi connectivity index (χ3v) is 3.89. The van der Waals surface area contributed by atoms with Gasteiger partial charge in [0, 0.05) is 16.4 Å². The van der Waals surface area contributed by atoms with Gasteiger partial charge in [0.2, 0.25) is 0 Å². The maximum Gasteiger partial charge on any atom is 0.144 e. The van der Waals surface area contributed by atoms with E-state index in [0.29, 0.717) is 0 Å². The molecule has 17 heavy (non-hydrogen) atoms. The van der Waals surface area contributed by atoms with Crippen LogP contribution in [0.5, 0.6) is 0 Å². The molecule has 1 N–H and O–H groups in total. The van der Waals surface area contributed by atoms with E-state index < -0.39 is 0 Å². The van der Waals surface area contributed by atoms with Crippen LogP contribution in [-0.4, -0.2) is 4.98 Å². The predicted molar refractivity (Wildman–Crippen MR) is 78.8 cm³/mol. The summed E-state index contributed by atoms with van der Waals surface area (Å²) in [5, 5.41) is 3.29. The average molecular weight is 356 g/mol. The van der Waals surface area contributed by atoms with E-state index in [0.717, 1.165) is 26.0 Å². The SMILES string of the molecule is Cc1cnc(Nc2ccc(Br)c(C)c2)c(Br)c1. The quantitative estimate of drug-likeness (QED) is 0.822. The molecule has 0 aliphatic heterocycles. The Morgan fingerprint density at radius 2 is 1.82 bits per heavy atom. The number of nitrogens with zero attached hydrogens (tertiary/aromatic N) is 1. The van der Waals surface area contributed by atoms with E-state index in [4.69, 9.17) is 0 Å². The van der Waals surface area contributed by atoms with Crippen molar-refractivity contribution >= 4 is 43.4 Å². The first-order valence-corrected chi connectivity index (χ1v) is 6.80. The third-order valence-electron chi connectivity index (χ3n) is 2.40. The molecule has 0 bridgehead atoms. The summed E-state index contributed by atoms with van der Waals surface area (Å²) in [4.78, 5) is 4.36. The standard InChI is InChI=1S/C13H12Br2N2/c1-8-5-12(15)13(16-7-8)17-10-3-4-11(14)9(2)6-10/h3-7H,1-2H3,(H,16,17). The molecule has 0 amide bonds. The molecule has 4 heteroatoms. The second-order valence-corrected chi connectivity index (χ2v) is 5.64. The average Bonchev–Trinajstić information content (AvgIpc) is 2.27. The summed E-state index contributed by atoms with van der Waals surface area (Å²) in [6, 6.07) is 8.17. The number of aromatic nitrogens is 1. The van der Waals surface area contributed by atoms with Crippen LogP contribution >= 0.6 is 31.9 Å². The van der Waals surface area contributed by atoms with Gasteiger partial charge in [-0.1, -0.05) is 15.9 Å². The highest BCUT2D eigenvalue weighted by Gasteiger charge is 2.03. The van der Waals surface area contributed by atoms with Gasteiger partial charge in [0.1, 0.15) is 5.82 Å². The van der Waals surface area contributed by atoms with E-state index in [2.05, 4.69) is 55.2 Å². The van der Waals surface area contributed by atoms with Crippen molar-refractivity contribution in [2.45, 2.75) is 13.8 Å². The van der Waals surface area contributed by atoms with Gasteiger partial charge in [-0.2, -0.15) is 0 Å². The van der Waals surface area contributed by atoms with Crippen molar-refractivity contribution in [3.05, 3.63) is 50.5 Å². The van der Waals surface area contributed by atoms with Gasteiger partial charge < -0.3 is 5.32 Å². The van der Waals surface area contributed by atoms with E-state index in [1.54, 1.807) is 0 Å². The molecule has 0 fully saturated rings. The van der Waals surface area contributed by atoms with Gasteiger partial charge in [-0.15, -0.1) is 0 Å². The van der Waals surface area contributed by atoms with Crippen LogP contribution in [0.25, 0.3) is 0 Å². The van der Waals surface area contributed by atoms with Crippen LogP contribution in [0.3, 0.4) is 0 Å². The zero-order valence-corrected chi connectivity index (χ0v) is 12.8. The molecule has 88 valence electrons. The number of nitrogens with one attached hydrogen (secondary N) is 1. The summed E-state index contributed by atoms with van der Waals surface area (Å²) in [7, 11) is 0. The number of hydrogen-bond acceptors (Lipinski definition) is 2. The molecule has 2 rings (SSSR count). The molecule has 0 spiro atoms. The third kappa shape index (κ3) is 3.07. The van der Waals surface area contributed by atoms with Gasteiger partial charge >= 0.3 is 0 Å². The molecule has 2 nitrogen and oxygen atoms in total. The van der Waals surface area contributed by atoms with Crippen LogP contribution in [0.4, 0.5) is 11.5 Å². The first kappa shape index (κ1) is 12.6. The fourth-order valence-corrected chi connectivity index (χ4v) is 2.29. The molecule has 1 heterocycles. The molecule has 1 aromatic heterocycles. The lowest BCUT2D eigenvalue weighted by Crippen LogP contribution is -1.95. The fourth-order valence-electron chi connectivity index (χ4n) is 1.48. The number of hydrogen-bond donors (Lipinski definition) is 1. The number of rotatable bonds is 2. The zero-order chi connectivity index (χ0) is 12.4. The van der Waals surface area contributed by atoms with Crippen LogP contribution in [0.15, 0.2) is 39.4 Å². The first-order chi connectivity index (χ1) is 8.06. The summed E-state index contributed by atoms with van der Waals surface area (Å²) in [5.74, 6) is 0.831. The van der Waals surface area contributed by atoms with Crippen LogP contribution in [0.2, 0.25) is 0 Å². The lowest BCUT2D eigenvalue weighted by Gasteiger charge is -2.09. The topological polar surface area (TPSA) is 24.9 Å². The predicted octanol–water partition coefficient (Wildman–Crippen LogP) is 4.97. The molecular weight excluding hydrogens is 344 g/mol. The molecule has 1 aromatic carbocycles. The smallest absolute Gasteiger partial charge is 0.144 e. The van der Waals surface area contributed by atoms with Gasteiger partial charge in [0.15, 0.2) is 0 Å². The number of anilines is 2. The first-order valence-electron chi connectivity index (χ1n) is 5.21. The number of benzene rings is 1. The Morgan fingerprint density at radius 3 is 2.47 bits per heavy atom. The van der Waals surface area contributed by atoms with Gasteiger partial charge in [0.05, 0.1) is 4.47 Å². The largest absolute Gasteiger partial charge is 0.339 e. The molecule has 0 saturated heterocycles. The molecule has 0 atom stereocenters. The van der Waals surface area contributed by atoms with Crippen LogP contribution in [0, 0.1) is 13.8 Å². The monoisotopic (exact) mass is 354 g/mol. The van der Waals surface area contributed by atoms with E-state index in [-0.39, 0.29) is 0 Å². The van der Waals surface area contributed by atoms with Gasteiger partial charge in [-0.3, -0.25) is 0 Å². The normalized spacial score (nSPS) is 10.4. The fraction of sp³-hybridized carbons (Fsp3) is 0.154. The maximum absolute atomic E-state index is 4.36. The highest BCUT2D eigenvalue weighted by Crippen LogP contribution is 2.26. The lowest BCUT2D eigenvalue weighted by atomic mass is 10.2. The highest BCUT2D eigenvalue weighted by atomic mass is 79.9. The van der Waals surface area contributed by atoms with Crippen molar-refractivity contribution in [1.29, 1.82) is 0 Å². The Hall–Kier alpha value is -0.870.